The first kappa shape index (κ1) is 20.9. The van der Waals surface area contributed by atoms with Crippen molar-refractivity contribution >= 4 is 28.6 Å². The molecule has 1 saturated heterocycles. The van der Waals surface area contributed by atoms with Gasteiger partial charge in [-0.05, 0) is 31.2 Å². The number of H-pyrrole nitrogens is 1. The van der Waals surface area contributed by atoms with Crippen molar-refractivity contribution in [2.75, 3.05) is 6.54 Å². The average Bonchev–Trinajstić information content (AvgIpc) is 3.31. The Morgan fingerprint density at radius 1 is 1.28 bits per heavy atom. The van der Waals surface area contributed by atoms with Crippen molar-refractivity contribution in [2.24, 2.45) is 17.4 Å². The van der Waals surface area contributed by atoms with E-state index >= 15 is 0 Å². The lowest BCUT2D eigenvalue weighted by molar-refractivity contribution is -0.140. The summed E-state index contributed by atoms with van der Waals surface area (Å²) in [6, 6.07) is 5.21. The molecule has 0 radical (unpaired) electrons. The zero-order valence-corrected chi connectivity index (χ0v) is 16.9. The summed E-state index contributed by atoms with van der Waals surface area (Å²) in [5, 5.41) is 3.56. The second kappa shape index (κ2) is 8.65. The van der Waals surface area contributed by atoms with Crippen LogP contribution < -0.4 is 16.8 Å². The molecule has 3 rings (SSSR count). The highest BCUT2D eigenvalue weighted by atomic mass is 16.2. The maximum Gasteiger partial charge on any atom is 0.244 e. The molecule has 2 aromatic rings. The van der Waals surface area contributed by atoms with Gasteiger partial charge in [-0.3, -0.25) is 14.4 Å². The maximum absolute atomic E-state index is 13.0. The predicted molar refractivity (Wildman–Crippen MR) is 111 cm³/mol. The Morgan fingerprint density at radius 3 is 2.69 bits per heavy atom. The molecule has 3 amide bonds. The highest BCUT2D eigenvalue weighted by Gasteiger charge is 2.37. The molecule has 0 spiro atoms. The van der Waals surface area contributed by atoms with Gasteiger partial charge < -0.3 is 26.7 Å². The molecule has 0 saturated carbocycles. The normalized spacial score (nSPS) is 18.8. The number of para-hydroxylation sites is 1. The summed E-state index contributed by atoms with van der Waals surface area (Å²) in [6.07, 6.45) is 3.48. The van der Waals surface area contributed by atoms with Crippen LogP contribution in [0.1, 0.15) is 44.7 Å². The monoisotopic (exact) mass is 399 g/mol. The Hall–Kier alpha value is -2.87. The van der Waals surface area contributed by atoms with E-state index in [9.17, 15) is 14.4 Å². The molecule has 1 aromatic carbocycles. The number of hydrogen-bond acceptors (Lipinski definition) is 4. The SMILES string of the molecule is CC(C)C[C@H](N)C(=O)N1CCC[C@H]1C(=O)N[C@H](C(N)=O)c1c[nH]c2ccccc12. The number of carbonyl (C=O) groups is 3. The zero-order valence-electron chi connectivity index (χ0n) is 16.9. The second-order valence-electron chi connectivity index (χ2n) is 8.06. The Labute approximate surface area is 170 Å². The van der Waals surface area contributed by atoms with E-state index in [0.29, 0.717) is 31.4 Å². The minimum absolute atomic E-state index is 0.223. The molecule has 1 aliphatic heterocycles. The number of amides is 3. The third kappa shape index (κ3) is 4.42. The minimum Gasteiger partial charge on any atom is -0.368 e. The van der Waals surface area contributed by atoms with E-state index in [2.05, 4.69) is 10.3 Å². The van der Waals surface area contributed by atoms with Gasteiger partial charge in [0.05, 0.1) is 6.04 Å². The molecule has 6 N–H and O–H groups in total. The number of likely N-dealkylation sites (tertiary alicyclic amines) is 1. The molecule has 8 nitrogen and oxygen atoms in total. The summed E-state index contributed by atoms with van der Waals surface area (Å²) in [5.74, 6) is -0.985. The summed E-state index contributed by atoms with van der Waals surface area (Å²) in [7, 11) is 0. The van der Waals surface area contributed by atoms with Crippen LogP contribution in [0.5, 0.6) is 0 Å². The van der Waals surface area contributed by atoms with E-state index in [-0.39, 0.29) is 17.7 Å². The highest BCUT2D eigenvalue weighted by molar-refractivity contribution is 5.96. The molecule has 3 atom stereocenters. The molecule has 0 aliphatic carbocycles. The molecular weight excluding hydrogens is 370 g/mol. The molecule has 1 fully saturated rings. The third-order valence-corrected chi connectivity index (χ3v) is 5.38. The van der Waals surface area contributed by atoms with Gasteiger partial charge in [-0.2, -0.15) is 0 Å². The smallest absolute Gasteiger partial charge is 0.244 e. The molecule has 8 heteroatoms. The number of nitrogens with zero attached hydrogens (tertiary/aromatic N) is 1. The number of aromatic amines is 1. The lowest BCUT2D eigenvalue weighted by Gasteiger charge is -2.28. The number of nitrogens with one attached hydrogen (secondary N) is 2. The number of rotatable bonds is 7. The average molecular weight is 399 g/mol. The molecule has 1 aliphatic rings. The number of aromatic nitrogens is 1. The standard InChI is InChI=1S/C21H29N5O3/c1-12(2)10-15(22)21(29)26-9-5-8-17(26)20(28)25-18(19(23)27)14-11-24-16-7-4-3-6-13(14)16/h3-4,6-7,11-12,15,17-18,24H,5,8-10,22H2,1-2H3,(H2,23,27)(H,25,28)/t15-,17-,18-/m0/s1. The van der Waals surface area contributed by atoms with Crippen molar-refractivity contribution in [1.29, 1.82) is 0 Å². The Morgan fingerprint density at radius 2 is 2.00 bits per heavy atom. The van der Waals surface area contributed by atoms with Gasteiger partial charge in [0, 0.05) is 29.2 Å². The van der Waals surface area contributed by atoms with Crippen molar-refractivity contribution in [2.45, 2.75) is 51.2 Å². The molecule has 0 unspecified atom stereocenters. The first-order chi connectivity index (χ1) is 13.8. The largest absolute Gasteiger partial charge is 0.368 e. The fourth-order valence-corrected chi connectivity index (χ4v) is 4.00. The van der Waals surface area contributed by atoms with E-state index in [1.165, 1.54) is 4.90 Å². The van der Waals surface area contributed by atoms with Crippen LogP contribution in [-0.2, 0) is 14.4 Å². The first-order valence-corrected chi connectivity index (χ1v) is 10.0. The van der Waals surface area contributed by atoms with E-state index < -0.39 is 24.0 Å². The third-order valence-electron chi connectivity index (χ3n) is 5.38. The number of hydrogen-bond donors (Lipinski definition) is 4. The van der Waals surface area contributed by atoms with Crippen LogP contribution in [0.4, 0.5) is 0 Å². The lowest BCUT2D eigenvalue weighted by atomic mass is 10.0. The van der Waals surface area contributed by atoms with E-state index in [1.54, 1.807) is 6.20 Å². The number of primary amides is 1. The lowest BCUT2D eigenvalue weighted by Crippen LogP contribution is -2.52. The van der Waals surface area contributed by atoms with Gasteiger partial charge in [-0.15, -0.1) is 0 Å². The predicted octanol–water partition coefficient (Wildman–Crippen LogP) is 1.17. The Kier molecular flexibility index (Phi) is 6.22. The van der Waals surface area contributed by atoms with Crippen LogP contribution >= 0.6 is 0 Å². The molecule has 0 bridgehead atoms. The Balaban J connectivity index is 1.77. The Bertz CT molecular complexity index is 907. The van der Waals surface area contributed by atoms with Gasteiger partial charge in [0.2, 0.25) is 17.7 Å². The number of benzene rings is 1. The van der Waals surface area contributed by atoms with Crippen LogP contribution in [0.3, 0.4) is 0 Å². The summed E-state index contributed by atoms with van der Waals surface area (Å²) in [5.41, 5.74) is 13.1. The second-order valence-corrected chi connectivity index (χ2v) is 8.06. The van der Waals surface area contributed by atoms with Crippen LogP contribution in [0.25, 0.3) is 10.9 Å². The topological polar surface area (TPSA) is 134 Å². The zero-order chi connectivity index (χ0) is 21.1. The van der Waals surface area contributed by atoms with Gasteiger partial charge in [0.25, 0.3) is 0 Å². The van der Waals surface area contributed by atoms with Crippen molar-refractivity contribution in [1.82, 2.24) is 15.2 Å². The van der Waals surface area contributed by atoms with Gasteiger partial charge in [0.15, 0.2) is 0 Å². The van der Waals surface area contributed by atoms with Gasteiger partial charge in [-0.1, -0.05) is 32.0 Å². The van der Waals surface area contributed by atoms with Crippen LogP contribution in [-0.4, -0.2) is 46.2 Å². The highest BCUT2D eigenvalue weighted by Crippen LogP contribution is 2.25. The number of nitrogens with two attached hydrogens (primary N) is 2. The quantitative estimate of drug-likeness (QED) is 0.556. The summed E-state index contributed by atoms with van der Waals surface area (Å²) in [4.78, 5) is 42.5. The van der Waals surface area contributed by atoms with Crippen LogP contribution in [0, 0.1) is 5.92 Å². The van der Waals surface area contributed by atoms with Crippen molar-refractivity contribution in [3.63, 3.8) is 0 Å². The van der Waals surface area contributed by atoms with Crippen molar-refractivity contribution in [3.05, 3.63) is 36.0 Å². The van der Waals surface area contributed by atoms with E-state index in [0.717, 1.165) is 10.9 Å². The summed E-state index contributed by atoms with van der Waals surface area (Å²) >= 11 is 0. The minimum atomic E-state index is -0.986. The molecule has 2 heterocycles. The van der Waals surface area contributed by atoms with Crippen LogP contribution in [0.15, 0.2) is 30.5 Å². The molecule has 29 heavy (non-hydrogen) atoms. The van der Waals surface area contributed by atoms with Gasteiger partial charge >= 0.3 is 0 Å². The first-order valence-electron chi connectivity index (χ1n) is 10.0. The molecule has 1 aromatic heterocycles. The van der Waals surface area contributed by atoms with Gasteiger partial charge in [-0.25, -0.2) is 0 Å². The fourth-order valence-electron chi connectivity index (χ4n) is 4.00. The van der Waals surface area contributed by atoms with Gasteiger partial charge in [0.1, 0.15) is 12.1 Å². The molecular formula is C21H29N5O3. The van der Waals surface area contributed by atoms with E-state index in [1.807, 2.05) is 38.1 Å². The fraction of sp³-hybridized carbons (Fsp3) is 0.476. The number of fused-ring (bicyclic) bond motifs is 1. The van der Waals surface area contributed by atoms with E-state index in [4.69, 9.17) is 11.5 Å². The summed E-state index contributed by atoms with van der Waals surface area (Å²) < 4.78 is 0. The summed E-state index contributed by atoms with van der Waals surface area (Å²) in [6.45, 7) is 4.48. The number of carbonyl (C=O) groups excluding carboxylic acids is 3. The van der Waals surface area contributed by atoms with Crippen molar-refractivity contribution < 1.29 is 14.4 Å². The van der Waals surface area contributed by atoms with Crippen LogP contribution in [0.2, 0.25) is 0 Å². The molecule has 156 valence electrons. The van der Waals surface area contributed by atoms with Crippen molar-refractivity contribution in [3.8, 4) is 0 Å². The maximum atomic E-state index is 13.0.